The number of nitrogens with one attached hydrogen (secondary N) is 2. The number of rotatable bonds is 10. The molecule has 0 fully saturated rings. The Kier molecular flexibility index (Phi) is 10.3. The maximum Gasteiger partial charge on any atom is 0.232 e. The molecule has 0 saturated carbocycles. The van der Waals surface area contributed by atoms with Crippen LogP contribution in [-0.4, -0.2) is 48.3 Å². The largest absolute Gasteiger partial charge is 0.395 e. The molecule has 4 N–H and O–H groups in total. The van der Waals surface area contributed by atoms with Gasteiger partial charge in [-0.05, 0) is 6.42 Å². The molecule has 0 aromatic carbocycles. The Morgan fingerprint density at radius 3 is 1.89 bits per heavy atom. The molecule has 0 aliphatic carbocycles. The molecule has 6 heteroatoms. The molecule has 0 rings (SSSR count). The molecule has 18 heavy (non-hydrogen) atoms. The number of aliphatic hydroxyl groups is 2. The maximum absolute atomic E-state index is 11.8. The van der Waals surface area contributed by atoms with Gasteiger partial charge in [0.25, 0.3) is 0 Å². The molecule has 0 unspecified atom stereocenters. The zero-order chi connectivity index (χ0) is 13.8. The van der Waals surface area contributed by atoms with Gasteiger partial charge in [-0.15, -0.1) is 0 Å². The van der Waals surface area contributed by atoms with E-state index in [1.165, 1.54) is 0 Å². The number of unbranched alkanes of at least 4 members (excludes halogenated alkanes) is 2. The quantitative estimate of drug-likeness (QED) is 0.311. The van der Waals surface area contributed by atoms with Crippen LogP contribution in [-0.2, 0) is 9.59 Å². The first-order valence-corrected chi connectivity index (χ1v) is 6.44. The first-order chi connectivity index (χ1) is 8.67. The van der Waals surface area contributed by atoms with E-state index < -0.39 is 5.92 Å². The molecule has 0 spiro atoms. The summed E-state index contributed by atoms with van der Waals surface area (Å²) in [6.45, 7) is 2.05. The van der Waals surface area contributed by atoms with Crippen LogP contribution in [0.3, 0.4) is 0 Å². The van der Waals surface area contributed by atoms with Crippen molar-refractivity contribution < 1.29 is 19.8 Å². The molecule has 6 nitrogen and oxygen atoms in total. The summed E-state index contributed by atoms with van der Waals surface area (Å²) in [5.41, 5.74) is 0. The van der Waals surface area contributed by atoms with Crippen molar-refractivity contribution in [2.24, 2.45) is 5.92 Å². The van der Waals surface area contributed by atoms with Crippen LogP contribution in [0.15, 0.2) is 0 Å². The van der Waals surface area contributed by atoms with Crippen LogP contribution in [0.4, 0.5) is 0 Å². The predicted octanol–water partition coefficient (Wildman–Crippen LogP) is -0.600. The third-order valence-electron chi connectivity index (χ3n) is 2.55. The lowest BCUT2D eigenvalue weighted by Crippen LogP contribution is -2.42. The van der Waals surface area contributed by atoms with Gasteiger partial charge in [0, 0.05) is 13.1 Å². The lowest BCUT2D eigenvalue weighted by Gasteiger charge is -2.16. The number of amides is 2. The van der Waals surface area contributed by atoms with Gasteiger partial charge in [-0.25, -0.2) is 0 Å². The van der Waals surface area contributed by atoms with Crippen molar-refractivity contribution in [2.75, 3.05) is 26.3 Å². The highest BCUT2D eigenvalue weighted by atomic mass is 16.3. The van der Waals surface area contributed by atoms with Gasteiger partial charge in [-0.2, -0.15) is 0 Å². The van der Waals surface area contributed by atoms with Crippen molar-refractivity contribution in [3.63, 3.8) is 0 Å². The van der Waals surface area contributed by atoms with E-state index in [1.807, 2.05) is 6.92 Å². The van der Waals surface area contributed by atoms with Gasteiger partial charge in [0.05, 0.1) is 13.2 Å². The van der Waals surface area contributed by atoms with Crippen LogP contribution in [0.2, 0.25) is 0 Å². The number of hydrogen-bond donors (Lipinski definition) is 4. The van der Waals surface area contributed by atoms with Crippen molar-refractivity contribution in [1.82, 2.24) is 10.6 Å². The Labute approximate surface area is 108 Å². The van der Waals surface area contributed by atoms with E-state index in [0.29, 0.717) is 6.42 Å². The Morgan fingerprint density at radius 2 is 1.50 bits per heavy atom. The summed E-state index contributed by atoms with van der Waals surface area (Å²) in [6, 6.07) is 0. The van der Waals surface area contributed by atoms with E-state index in [-0.39, 0.29) is 38.1 Å². The summed E-state index contributed by atoms with van der Waals surface area (Å²) in [7, 11) is 0. The van der Waals surface area contributed by atoms with Gasteiger partial charge in [-0.3, -0.25) is 9.59 Å². The van der Waals surface area contributed by atoms with Crippen molar-refractivity contribution in [3.05, 3.63) is 0 Å². The molecule has 0 aliphatic rings. The summed E-state index contributed by atoms with van der Waals surface area (Å²) in [5.74, 6) is -1.47. The second-order valence-corrected chi connectivity index (χ2v) is 4.08. The third-order valence-corrected chi connectivity index (χ3v) is 2.55. The summed E-state index contributed by atoms with van der Waals surface area (Å²) in [5, 5.41) is 22.3. The van der Waals surface area contributed by atoms with Crippen molar-refractivity contribution in [2.45, 2.75) is 32.6 Å². The second kappa shape index (κ2) is 11.0. The zero-order valence-corrected chi connectivity index (χ0v) is 10.9. The maximum atomic E-state index is 11.8. The minimum Gasteiger partial charge on any atom is -0.395 e. The van der Waals surface area contributed by atoms with Gasteiger partial charge in [0.15, 0.2) is 0 Å². The first-order valence-electron chi connectivity index (χ1n) is 6.44. The van der Waals surface area contributed by atoms with Gasteiger partial charge < -0.3 is 20.8 Å². The predicted molar refractivity (Wildman–Crippen MR) is 67.8 cm³/mol. The highest BCUT2D eigenvalue weighted by molar-refractivity contribution is 6.00. The van der Waals surface area contributed by atoms with E-state index in [0.717, 1.165) is 19.3 Å². The number of carbonyl (C=O) groups excluding carboxylic acids is 2. The fraction of sp³-hybridized carbons (Fsp3) is 0.833. The van der Waals surface area contributed by atoms with Gasteiger partial charge >= 0.3 is 0 Å². The molecule has 0 saturated heterocycles. The van der Waals surface area contributed by atoms with Crippen molar-refractivity contribution in [3.8, 4) is 0 Å². The lowest BCUT2D eigenvalue weighted by molar-refractivity contribution is -0.135. The van der Waals surface area contributed by atoms with Crippen LogP contribution in [0, 0.1) is 5.92 Å². The van der Waals surface area contributed by atoms with Crippen LogP contribution in [0.5, 0.6) is 0 Å². The molecule has 106 valence electrons. The number of aliphatic hydroxyl groups excluding tert-OH is 2. The first kappa shape index (κ1) is 16.9. The number of carbonyl (C=O) groups is 2. The zero-order valence-electron chi connectivity index (χ0n) is 10.9. The fourth-order valence-electron chi connectivity index (χ4n) is 1.58. The summed E-state index contributed by atoms with van der Waals surface area (Å²) in [4.78, 5) is 23.5. The molecular formula is C12H24N2O4. The van der Waals surface area contributed by atoms with Crippen LogP contribution in [0.25, 0.3) is 0 Å². The summed E-state index contributed by atoms with van der Waals surface area (Å²) in [6.07, 6.45) is 3.28. The third kappa shape index (κ3) is 7.24. The van der Waals surface area contributed by atoms with E-state index in [9.17, 15) is 9.59 Å². The molecule has 0 atom stereocenters. The topological polar surface area (TPSA) is 98.7 Å². The van der Waals surface area contributed by atoms with Crippen molar-refractivity contribution >= 4 is 11.8 Å². The average molecular weight is 260 g/mol. The normalized spacial score (nSPS) is 10.4. The van der Waals surface area contributed by atoms with E-state index in [4.69, 9.17) is 10.2 Å². The van der Waals surface area contributed by atoms with Gasteiger partial charge in [0.1, 0.15) is 5.92 Å². The minimum atomic E-state index is -0.741. The Balaban J connectivity index is 4.30. The highest BCUT2D eigenvalue weighted by Crippen LogP contribution is 2.10. The molecular weight excluding hydrogens is 236 g/mol. The van der Waals surface area contributed by atoms with E-state index in [1.54, 1.807) is 0 Å². The average Bonchev–Trinajstić information content (AvgIpc) is 2.38. The smallest absolute Gasteiger partial charge is 0.232 e. The molecule has 0 bridgehead atoms. The minimum absolute atomic E-state index is 0.147. The Bertz CT molecular complexity index is 226. The standard InChI is InChI=1S/C12H24N2O4/c1-2-3-4-5-10(11(17)13-6-8-15)12(18)14-7-9-16/h10,15-16H,2-9H2,1H3,(H,13,17)(H,14,18). The number of hydrogen-bond acceptors (Lipinski definition) is 4. The molecule has 0 aromatic heterocycles. The monoisotopic (exact) mass is 260 g/mol. The SMILES string of the molecule is CCCCCC(C(=O)NCCO)C(=O)NCCO. The lowest BCUT2D eigenvalue weighted by atomic mass is 9.99. The molecule has 0 aliphatic heterocycles. The second-order valence-electron chi connectivity index (χ2n) is 4.08. The molecule has 2 amide bonds. The van der Waals surface area contributed by atoms with Gasteiger partial charge in [0.2, 0.25) is 11.8 Å². The summed E-state index contributed by atoms with van der Waals surface area (Å²) < 4.78 is 0. The molecule has 0 radical (unpaired) electrons. The van der Waals surface area contributed by atoms with Crippen LogP contribution < -0.4 is 10.6 Å². The van der Waals surface area contributed by atoms with Gasteiger partial charge in [-0.1, -0.05) is 26.2 Å². The summed E-state index contributed by atoms with van der Waals surface area (Å²) >= 11 is 0. The highest BCUT2D eigenvalue weighted by Gasteiger charge is 2.25. The van der Waals surface area contributed by atoms with E-state index >= 15 is 0 Å². The van der Waals surface area contributed by atoms with E-state index in [2.05, 4.69) is 10.6 Å². The van der Waals surface area contributed by atoms with Crippen LogP contribution in [0.1, 0.15) is 32.6 Å². The fourth-order valence-corrected chi connectivity index (χ4v) is 1.58. The Morgan fingerprint density at radius 1 is 1.00 bits per heavy atom. The molecule has 0 aromatic rings. The molecule has 0 heterocycles. The van der Waals surface area contributed by atoms with Crippen LogP contribution >= 0.6 is 0 Å². The van der Waals surface area contributed by atoms with Crippen molar-refractivity contribution in [1.29, 1.82) is 0 Å². The Hall–Kier alpha value is -1.14.